The molecule has 0 heterocycles. The van der Waals surface area contributed by atoms with Crippen molar-refractivity contribution >= 4 is 26.5 Å². The molecule has 2 rings (SSSR count). The minimum atomic E-state index is -3.68. The van der Waals surface area contributed by atoms with Gasteiger partial charge >= 0.3 is 0 Å². The first-order valence-corrected chi connectivity index (χ1v) is 6.26. The summed E-state index contributed by atoms with van der Waals surface area (Å²) < 4.78 is 22.7. The number of anilines is 1. The molecule has 0 fully saturated rings. The lowest BCUT2D eigenvalue weighted by atomic mass is 10.1. The molecular weight excluding hydrogens is 224 g/mol. The van der Waals surface area contributed by atoms with Gasteiger partial charge in [0, 0.05) is 11.1 Å². The Morgan fingerprint density at radius 2 is 1.88 bits per heavy atom. The van der Waals surface area contributed by atoms with E-state index in [1.54, 1.807) is 37.3 Å². The Morgan fingerprint density at radius 3 is 2.50 bits per heavy atom. The molecule has 0 aromatic heterocycles. The van der Waals surface area contributed by atoms with Crippen molar-refractivity contribution < 1.29 is 8.42 Å². The van der Waals surface area contributed by atoms with Crippen molar-refractivity contribution in [3.8, 4) is 0 Å². The zero-order valence-corrected chi connectivity index (χ0v) is 9.58. The maximum Gasteiger partial charge on any atom is 0.238 e. The molecule has 2 aromatic carbocycles. The van der Waals surface area contributed by atoms with Crippen molar-refractivity contribution in [2.45, 2.75) is 11.8 Å². The highest BCUT2D eigenvalue weighted by molar-refractivity contribution is 7.89. The van der Waals surface area contributed by atoms with Gasteiger partial charge in [0.1, 0.15) is 0 Å². The van der Waals surface area contributed by atoms with Crippen LogP contribution in [0.3, 0.4) is 0 Å². The highest BCUT2D eigenvalue weighted by Gasteiger charge is 2.12. The third-order valence-electron chi connectivity index (χ3n) is 2.52. The topological polar surface area (TPSA) is 86.2 Å². The zero-order chi connectivity index (χ0) is 11.9. The van der Waals surface area contributed by atoms with E-state index in [-0.39, 0.29) is 4.90 Å². The van der Waals surface area contributed by atoms with Crippen LogP contribution in [-0.4, -0.2) is 8.42 Å². The molecule has 0 atom stereocenters. The van der Waals surface area contributed by atoms with Gasteiger partial charge < -0.3 is 5.73 Å². The summed E-state index contributed by atoms with van der Waals surface area (Å²) in [5.41, 5.74) is 7.03. The molecule has 16 heavy (non-hydrogen) atoms. The van der Waals surface area contributed by atoms with Crippen LogP contribution in [0.1, 0.15) is 5.56 Å². The maximum absolute atomic E-state index is 11.3. The molecule has 0 aliphatic rings. The van der Waals surface area contributed by atoms with Crippen LogP contribution < -0.4 is 10.9 Å². The molecule has 0 bridgehead atoms. The number of nitrogen functional groups attached to an aromatic ring is 1. The molecule has 0 saturated carbocycles. The van der Waals surface area contributed by atoms with Gasteiger partial charge in [0.2, 0.25) is 10.0 Å². The van der Waals surface area contributed by atoms with Crippen molar-refractivity contribution in [1.82, 2.24) is 0 Å². The van der Waals surface area contributed by atoms with Crippen LogP contribution in [0.4, 0.5) is 5.69 Å². The first-order valence-electron chi connectivity index (χ1n) is 4.71. The molecule has 0 aliphatic carbocycles. The number of aryl methyl sites for hydroxylation is 1. The van der Waals surface area contributed by atoms with Crippen molar-refractivity contribution in [3.63, 3.8) is 0 Å². The lowest BCUT2D eigenvalue weighted by molar-refractivity contribution is 0.597. The molecule has 0 saturated heterocycles. The van der Waals surface area contributed by atoms with Gasteiger partial charge in [-0.05, 0) is 36.1 Å². The molecule has 4 nitrogen and oxygen atoms in total. The van der Waals surface area contributed by atoms with Crippen LogP contribution in [0, 0.1) is 6.92 Å². The molecule has 0 amide bonds. The van der Waals surface area contributed by atoms with Crippen LogP contribution >= 0.6 is 0 Å². The van der Waals surface area contributed by atoms with Crippen molar-refractivity contribution in [1.29, 1.82) is 0 Å². The molecule has 0 unspecified atom stereocenters. The number of hydrogen-bond donors (Lipinski definition) is 2. The second-order valence-corrected chi connectivity index (χ2v) is 5.26. The van der Waals surface area contributed by atoms with E-state index in [0.29, 0.717) is 11.3 Å². The van der Waals surface area contributed by atoms with Crippen molar-refractivity contribution in [3.05, 3.63) is 35.9 Å². The molecule has 0 radical (unpaired) electrons. The first-order chi connectivity index (χ1) is 7.39. The van der Waals surface area contributed by atoms with Gasteiger partial charge in [0.15, 0.2) is 0 Å². The predicted molar refractivity (Wildman–Crippen MR) is 64.5 cm³/mol. The number of primary sulfonamides is 1. The van der Waals surface area contributed by atoms with Crippen LogP contribution in [0.2, 0.25) is 0 Å². The van der Waals surface area contributed by atoms with E-state index < -0.39 is 10.0 Å². The minimum absolute atomic E-state index is 0.144. The monoisotopic (exact) mass is 236 g/mol. The summed E-state index contributed by atoms with van der Waals surface area (Å²) in [6.07, 6.45) is 0. The Balaban J connectivity index is 2.88. The lowest BCUT2D eigenvalue weighted by Crippen LogP contribution is -2.13. The van der Waals surface area contributed by atoms with Gasteiger partial charge in [0.25, 0.3) is 0 Å². The third-order valence-corrected chi connectivity index (χ3v) is 3.57. The van der Waals surface area contributed by atoms with Gasteiger partial charge in [-0.3, -0.25) is 0 Å². The van der Waals surface area contributed by atoms with Crippen molar-refractivity contribution in [2.75, 3.05) is 5.73 Å². The Kier molecular flexibility index (Phi) is 2.36. The summed E-state index contributed by atoms with van der Waals surface area (Å²) in [7, 11) is -3.68. The largest absolute Gasteiger partial charge is 0.398 e. The van der Waals surface area contributed by atoms with Gasteiger partial charge in [-0.25, -0.2) is 13.6 Å². The van der Waals surface area contributed by atoms with Crippen LogP contribution in [0.15, 0.2) is 35.2 Å². The molecular formula is C11H12N2O2S. The van der Waals surface area contributed by atoms with E-state index in [0.717, 1.165) is 10.8 Å². The number of benzene rings is 2. The van der Waals surface area contributed by atoms with E-state index in [9.17, 15) is 8.42 Å². The Labute approximate surface area is 93.9 Å². The van der Waals surface area contributed by atoms with E-state index in [1.807, 2.05) is 0 Å². The number of rotatable bonds is 1. The molecule has 5 heteroatoms. The predicted octanol–water partition coefficient (Wildman–Crippen LogP) is 1.38. The average Bonchev–Trinajstić information content (AvgIpc) is 2.17. The van der Waals surface area contributed by atoms with Gasteiger partial charge in [-0.15, -0.1) is 0 Å². The number of sulfonamides is 1. The third kappa shape index (κ3) is 1.75. The van der Waals surface area contributed by atoms with E-state index >= 15 is 0 Å². The van der Waals surface area contributed by atoms with E-state index in [2.05, 4.69) is 0 Å². The molecule has 2 aromatic rings. The van der Waals surface area contributed by atoms with Crippen LogP contribution in [-0.2, 0) is 10.0 Å². The maximum atomic E-state index is 11.3. The number of fused-ring (bicyclic) bond motifs is 1. The standard InChI is InChI=1S/C11H12N2O2S/c1-7-5-9-8(3-2-4-10(9)12)6-11(7)16(13,14)15/h2-6H,12H2,1H3,(H2,13,14,15). The first kappa shape index (κ1) is 10.9. The number of hydrogen-bond acceptors (Lipinski definition) is 3. The molecule has 0 aliphatic heterocycles. The Bertz CT molecular complexity index is 663. The average molecular weight is 236 g/mol. The van der Waals surface area contributed by atoms with Gasteiger partial charge in [0.05, 0.1) is 4.90 Å². The quantitative estimate of drug-likeness (QED) is 0.733. The molecule has 4 N–H and O–H groups in total. The van der Waals surface area contributed by atoms with Gasteiger partial charge in [-0.1, -0.05) is 12.1 Å². The van der Waals surface area contributed by atoms with E-state index in [4.69, 9.17) is 10.9 Å². The summed E-state index contributed by atoms with van der Waals surface area (Å²) in [6, 6.07) is 8.65. The zero-order valence-electron chi connectivity index (χ0n) is 8.77. The highest BCUT2D eigenvalue weighted by atomic mass is 32.2. The second-order valence-electron chi connectivity index (χ2n) is 3.73. The summed E-state index contributed by atoms with van der Waals surface area (Å²) in [5, 5.41) is 6.74. The SMILES string of the molecule is Cc1cc2c(N)cccc2cc1S(N)(=O)=O. The van der Waals surface area contributed by atoms with Crippen LogP contribution in [0.5, 0.6) is 0 Å². The fourth-order valence-electron chi connectivity index (χ4n) is 1.74. The molecule has 0 spiro atoms. The van der Waals surface area contributed by atoms with Gasteiger partial charge in [-0.2, -0.15) is 0 Å². The Morgan fingerprint density at radius 1 is 1.19 bits per heavy atom. The summed E-state index contributed by atoms with van der Waals surface area (Å²) in [6.45, 7) is 1.70. The summed E-state index contributed by atoms with van der Waals surface area (Å²) in [5.74, 6) is 0. The summed E-state index contributed by atoms with van der Waals surface area (Å²) in [4.78, 5) is 0.144. The lowest BCUT2D eigenvalue weighted by Gasteiger charge is -2.07. The van der Waals surface area contributed by atoms with E-state index in [1.165, 1.54) is 0 Å². The molecule has 84 valence electrons. The fraction of sp³-hybridized carbons (Fsp3) is 0.0909. The van der Waals surface area contributed by atoms with Crippen LogP contribution in [0.25, 0.3) is 10.8 Å². The normalized spacial score (nSPS) is 11.9. The fourth-order valence-corrected chi connectivity index (χ4v) is 2.54. The Hall–Kier alpha value is -1.59. The summed E-state index contributed by atoms with van der Waals surface area (Å²) >= 11 is 0. The second kappa shape index (κ2) is 3.47. The van der Waals surface area contributed by atoms with Crippen molar-refractivity contribution in [2.24, 2.45) is 5.14 Å². The smallest absolute Gasteiger partial charge is 0.238 e. The highest BCUT2D eigenvalue weighted by Crippen LogP contribution is 2.26. The number of nitrogens with two attached hydrogens (primary N) is 2. The minimum Gasteiger partial charge on any atom is -0.398 e.